The quantitative estimate of drug-likeness (QED) is 0.667. The van der Waals surface area contributed by atoms with Crippen molar-refractivity contribution in [2.24, 2.45) is 0 Å². The van der Waals surface area contributed by atoms with Gasteiger partial charge in [-0.05, 0) is 33.9 Å². The second kappa shape index (κ2) is 4.69. The molecule has 3 rings (SSSR count). The molecule has 3 heteroatoms. The van der Waals surface area contributed by atoms with Gasteiger partial charge in [0.2, 0.25) is 0 Å². The molecule has 0 aliphatic heterocycles. The third kappa shape index (κ3) is 1.81. The van der Waals surface area contributed by atoms with Crippen molar-refractivity contribution in [2.45, 2.75) is 6.42 Å². The Kier molecular flexibility index (Phi) is 3.03. The van der Waals surface area contributed by atoms with E-state index in [1.165, 1.54) is 27.4 Å². The van der Waals surface area contributed by atoms with E-state index < -0.39 is 9.28 Å². The molecule has 92 valence electrons. The number of benzene rings is 2. The number of rotatable bonds is 3. The first-order valence-corrected chi connectivity index (χ1v) is 7.62. The molecule has 2 aromatic carbocycles. The van der Waals surface area contributed by atoms with Gasteiger partial charge < -0.3 is 8.85 Å². The lowest BCUT2D eigenvalue weighted by Gasteiger charge is -2.12. The summed E-state index contributed by atoms with van der Waals surface area (Å²) >= 11 is 0. The molecular weight excluding hydrogens is 240 g/mol. The fraction of sp³-hybridized carbons (Fsp3) is 0.200. The topological polar surface area (TPSA) is 18.5 Å². The molecule has 0 heterocycles. The van der Waals surface area contributed by atoms with Gasteiger partial charge in [0.05, 0.1) is 0 Å². The van der Waals surface area contributed by atoms with Crippen molar-refractivity contribution in [1.82, 2.24) is 0 Å². The van der Waals surface area contributed by atoms with Crippen LogP contribution in [0, 0.1) is 0 Å². The van der Waals surface area contributed by atoms with Gasteiger partial charge in [-0.3, -0.25) is 0 Å². The molecule has 0 spiro atoms. The molecule has 0 bridgehead atoms. The number of hydrogen-bond acceptors (Lipinski definition) is 2. The summed E-state index contributed by atoms with van der Waals surface area (Å²) in [5, 5.41) is 1.21. The molecule has 0 atom stereocenters. The second-order valence-electron chi connectivity index (χ2n) is 4.55. The molecule has 0 N–H and O–H groups in total. The van der Waals surface area contributed by atoms with Gasteiger partial charge in [0.15, 0.2) is 0 Å². The third-order valence-corrected chi connectivity index (χ3v) is 5.28. The van der Waals surface area contributed by atoms with Crippen LogP contribution in [0.15, 0.2) is 42.5 Å². The Bertz CT molecular complexity index is 576. The Morgan fingerprint density at radius 3 is 2.39 bits per heavy atom. The van der Waals surface area contributed by atoms with Crippen LogP contribution in [0.5, 0.6) is 0 Å². The van der Waals surface area contributed by atoms with E-state index in [-0.39, 0.29) is 0 Å². The first-order chi connectivity index (χ1) is 8.83. The maximum Gasteiger partial charge on any atom is 0.355 e. The van der Waals surface area contributed by atoms with Crippen molar-refractivity contribution in [3.63, 3.8) is 0 Å². The van der Waals surface area contributed by atoms with Crippen molar-refractivity contribution in [3.05, 3.63) is 53.6 Å². The summed E-state index contributed by atoms with van der Waals surface area (Å²) in [5.74, 6) is 0. The first kappa shape index (κ1) is 11.7. The van der Waals surface area contributed by atoms with E-state index in [1.54, 1.807) is 14.2 Å². The molecule has 0 saturated heterocycles. The Balaban J connectivity index is 2.03. The normalized spacial score (nSPS) is 12.6. The van der Waals surface area contributed by atoms with Gasteiger partial charge >= 0.3 is 9.28 Å². The van der Waals surface area contributed by atoms with E-state index in [4.69, 9.17) is 8.85 Å². The van der Waals surface area contributed by atoms with Crippen molar-refractivity contribution >= 4 is 14.5 Å². The summed E-state index contributed by atoms with van der Waals surface area (Å²) in [6.45, 7) is 0. The average Bonchev–Trinajstić information content (AvgIpc) is 2.78. The van der Waals surface area contributed by atoms with E-state index in [2.05, 4.69) is 42.5 Å². The SMILES string of the molecule is CO[SiH](OC)c1ccc2c(c1)Cc1ccccc1-2. The minimum Gasteiger partial charge on any atom is -0.397 e. The molecule has 0 fully saturated rings. The highest BCUT2D eigenvalue weighted by atomic mass is 28.3. The summed E-state index contributed by atoms with van der Waals surface area (Å²) in [6, 6.07) is 15.2. The molecule has 0 unspecified atom stereocenters. The average molecular weight is 256 g/mol. The minimum atomic E-state index is -1.68. The third-order valence-electron chi connectivity index (χ3n) is 3.52. The van der Waals surface area contributed by atoms with Crippen LogP contribution in [0.3, 0.4) is 0 Å². The van der Waals surface area contributed by atoms with Crippen molar-refractivity contribution < 1.29 is 8.85 Å². The lowest BCUT2D eigenvalue weighted by Crippen LogP contribution is -2.34. The van der Waals surface area contributed by atoms with E-state index in [0.29, 0.717) is 0 Å². The highest BCUT2D eigenvalue weighted by Crippen LogP contribution is 2.35. The van der Waals surface area contributed by atoms with Crippen molar-refractivity contribution in [2.75, 3.05) is 14.2 Å². The van der Waals surface area contributed by atoms with Crippen LogP contribution in [0.25, 0.3) is 11.1 Å². The summed E-state index contributed by atoms with van der Waals surface area (Å²) in [4.78, 5) is 0. The van der Waals surface area contributed by atoms with E-state index >= 15 is 0 Å². The van der Waals surface area contributed by atoms with Gasteiger partial charge in [0.25, 0.3) is 0 Å². The van der Waals surface area contributed by atoms with Crippen LogP contribution < -0.4 is 5.19 Å². The van der Waals surface area contributed by atoms with Crippen molar-refractivity contribution in [3.8, 4) is 11.1 Å². The molecule has 1 aliphatic carbocycles. The smallest absolute Gasteiger partial charge is 0.355 e. The molecule has 18 heavy (non-hydrogen) atoms. The standard InChI is InChI=1S/C15H16O2Si/c1-16-18(17-2)13-7-8-15-12(10-13)9-11-5-3-4-6-14(11)15/h3-8,10,18H,9H2,1-2H3. The van der Waals surface area contributed by atoms with Gasteiger partial charge in [-0.2, -0.15) is 0 Å². The van der Waals surface area contributed by atoms with E-state index in [1.807, 2.05) is 0 Å². The molecule has 0 amide bonds. The maximum atomic E-state index is 5.44. The van der Waals surface area contributed by atoms with Crippen LogP contribution in [-0.2, 0) is 15.3 Å². The monoisotopic (exact) mass is 256 g/mol. The Morgan fingerprint density at radius 2 is 1.61 bits per heavy atom. The first-order valence-electron chi connectivity index (χ1n) is 6.10. The lowest BCUT2D eigenvalue weighted by atomic mass is 10.1. The Labute approximate surface area is 109 Å². The minimum absolute atomic E-state index is 1.02. The predicted molar refractivity (Wildman–Crippen MR) is 75.5 cm³/mol. The van der Waals surface area contributed by atoms with Crippen molar-refractivity contribution in [1.29, 1.82) is 0 Å². The van der Waals surface area contributed by atoms with Crippen LogP contribution in [0.2, 0.25) is 0 Å². The predicted octanol–water partition coefficient (Wildman–Crippen LogP) is 1.98. The molecule has 1 aliphatic rings. The molecular formula is C15H16O2Si. The summed E-state index contributed by atoms with van der Waals surface area (Å²) in [7, 11) is 1.77. The van der Waals surface area contributed by atoms with E-state index in [9.17, 15) is 0 Å². The van der Waals surface area contributed by atoms with Crippen LogP contribution in [0.1, 0.15) is 11.1 Å². The lowest BCUT2D eigenvalue weighted by molar-refractivity contribution is 0.292. The summed E-state index contributed by atoms with van der Waals surface area (Å²) in [6.07, 6.45) is 1.02. The number of fused-ring (bicyclic) bond motifs is 3. The molecule has 0 saturated carbocycles. The zero-order chi connectivity index (χ0) is 12.5. The summed E-state index contributed by atoms with van der Waals surface area (Å²) < 4.78 is 10.9. The zero-order valence-corrected chi connectivity index (χ0v) is 11.8. The van der Waals surface area contributed by atoms with E-state index in [0.717, 1.165) is 6.42 Å². The van der Waals surface area contributed by atoms with Gasteiger partial charge in [0.1, 0.15) is 0 Å². The fourth-order valence-electron chi connectivity index (χ4n) is 2.68. The molecule has 2 aromatic rings. The molecule has 0 radical (unpaired) electrons. The van der Waals surface area contributed by atoms with Gasteiger partial charge in [-0.15, -0.1) is 0 Å². The summed E-state index contributed by atoms with van der Waals surface area (Å²) in [5.41, 5.74) is 5.53. The highest BCUT2D eigenvalue weighted by molar-refractivity contribution is 6.61. The van der Waals surface area contributed by atoms with Crippen LogP contribution in [-0.4, -0.2) is 23.5 Å². The second-order valence-corrected chi connectivity index (χ2v) is 6.83. The molecule has 2 nitrogen and oxygen atoms in total. The maximum absolute atomic E-state index is 5.44. The van der Waals surface area contributed by atoms with Crippen LogP contribution >= 0.6 is 0 Å². The largest absolute Gasteiger partial charge is 0.397 e. The number of hydrogen-bond donors (Lipinski definition) is 0. The Hall–Kier alpha value is -1.42. The van der Waals surface area contributed by atoms with Gasteiger partial charge in [0, 0.05) is 14.2 Å². The fourth-order valence-corrected chi connectivity index (χ4v) is 4.01. The van der Waals surface area contributed by atoms with Gasteiger partial charge in [-0.25, -0.2) is 0 Å². The van der Waals surface area contributed by atoms with Gasteiger partial charge in [-0.1, -0.05) is 42.5 Å². The molecule has 0 aromatic heterocycles. The van der Waals surface area contributed by atoms with Crippen LogP contribution in [0.4, 0.5) is 0 Å². The Morgan fingerprint density at radius 1 is 0.889 bits per heavy atom. The highest BCUT2D eigenvalue weighted by Gasteiger charge is 2.21. The zero-order valence-electron chi connectivity index (χ0n) is 10.6.